The van der Waals surface area contributed by atoms with Crippen molar-refractivity contribution in [3.05, 3.63) is 29.3 Å². The molecule has 0 N–H and O–H groups in total. The number of carbonyl (C=O) groups is 1. The summed E-state index contributed by atoms with van der Waals surface area (Å²) in [7, 11) is 0. The van der Waals surface area contributed by atoms with Gasteiger partial charge in [-0.25, -0.2) is 4.79 Å². The van der Waals surface area contributed by atoms with Gasteiger partial charge in [-0.2, -0.15) is 0 Å². The van der Waals surface area contributed by atoms with Crippen LogP contribution in [0, 0.1) is 0 Å². The summed E-state index contributed by atoms with van der Waals surface area (Å²) >= 11 is 0. The molecule has 1 aromatic rings. The fourth-order valence-electron chi connectivity index (χ4n) is 3.01. The van der Waals surface area contributed by atoms with Crippen LogP contribution in [0.4, 0.5) is 5.69 Å². The summed E-state index contributed by atoms with van der Waals surface area (Å²) in [5, 5.41) is 0. The van der Waals surface area contributed by atoms with Crippen molar-refractivity contribution in [2.75, 3.05) is 18.1 Å². The van der Waals surface area contributed by atoms with Crippen molar-refractivity contribution in [2.45, 2.75) is 32.2 Å². The van der Waals surface area contributed by atoms with Crippen LogP contribution >= 0.6 is 0 Å². The highest BCUT2D eigenvalue weighted by atomic mass is 16.5. The van der Waals surface area contributed by atoms with Crippen LogP contribution < -0.4 is 4.90 Å². The Kier molecular flexibility index (Phi) is 2.54. The highest BCUT2D eigenvalue weighted by molar-refractivity contribution is 5.85. The first-order valence-electron chi connectivity index (χ1n) is 6.35. The van der Waals surface area contributed by atoms with E-state index >= 15 is 0 Å². The van der Waals surface area contributed by atoms with Gasteiger partial charge in [-0.1, -0.05) is 18.2 Å². The number of benzene rings is 1. The molecule has 3 nitrogen and oxygen atoms in total. The maximum Gasteiger partial charge on any atom is 0.329 e. The summed E-state index contributed by atoms with van der Waals surface area (Å²) in [6.45, 7) is 3.31. The number of hydrogen-bond acceptors (Lipinski definition) is 3. The molecular weight excluding hydrogens is 214 g/mol. The Balaban J connectivity index is 1.95. The van der Waals surface area contributed by atoms with Gasteiger partial charge >= 0.3 is 5.97 Å². The number of esters is 1. The number of hydrogen-bond donors (Lipinski definition) is 0. The molecule has 90 valence electrons. The average molecular weight is 231 g/mol. The lowest BCUT2D eigenvalue weighted by Gasteiger charge is -2.31. The maximum atomic E-state index is 12.0. The molecule has 2 aliphatic heterocycles. The summed E-state index contributed by atoms with van der Waals surface area (Å²) in [4.78, 5) is 14.2. The van der Waals surface area contributed by atoms with E-state index < -0.39 is 0 Å². The van der Waals surface area contributed by atoms with Crippen molar-refractivity contribution in [2.24, 2.45) is 0 Å². The van der Waals surface area contributed by atoms with E-state index in [2.05, 4.69) is 23.1 Å². The van der Waals surface area contributed by atoms with E-state index in [1.807, 2.05) is 6.92 Å². The van der Waals surface area contributed by atoms with Crippen LogP contribution in [0.5, 0.6) is 0 Å². The number of rotatable bonds is 2. The molecule has 0 saturated heterocycles. The van der Waals surface area contributed by atoms with Crippen molar-refractivity contribution in [3.8, 4) is 0 Å². The van der Waals surface area contributed by atoms with E-state index in [0.717, 1.165) is 25.8 Å². The molecular formula is C14H17NO2. The third kappa shape index (κ3) is 1.61. The van der Waals surface area contributed by atoms with Gasteiger partial charge in [0, 0.05) is 18.7 Å². The molecule has 0 fully saturated rings. The van der Waals surface area contributed by atoms with Gasteiger partial charge in [-0.15, -0.1) is 0 Å². The van der Waals surface area contributed by atoms with Crippen LogP contribution in [0.1, 0.15) is 24.5 Å². The first-order valence-corrected chi connectivity index (χ1v) is 6.35. The van der Waals surface area contributed by atoms with Crippen LogP contribution in [0.15, 0.2) is 18.2 Å². The molecule has 1 atom stereocenters. The van der Waals surface area contributed by atoms with Crippen molar-refractivity contribution < 1.29 is 9.53 Å². The van der Waals surface area contributed by atoms with Gasteiger partial charge in [0.2, 0.25) is 0 Å². The Bertz CT molecular complexity index is 456. The Morgan fingerprint density at radius 3 is 3.12 bits per heavy atom. The molecule has 0 aliphatic carbocycles. The maximum absolute atomic E-state index is 12.0. The van der Waals surface area contributed by atoms with E-state index in [4.69, 9.17) is 4.74 Å². The molecule has 0 aromatic heterocycles. The molecule has 2 heterocycles. The van der Waals surface area contributed by atoms with Crippen LogP contribution in [0.25, 0.3) is 0 Å². The zero-order valence-corrected chi connectivity index (χ0v) is 10.1. The Labute approximate surface area is 101 Å². The highest BCUT2D eigenvalue weighted by Gasteiger charge is 2.37. The molecule has 1 unspecified atom stereocenters. The van der Waals surface area contributed by atoms with Gasteiger partial charge in [-0.05, 0) is 30.9 Å². The largest absolute Gasteiger partial charge is 0.464 e. The average Bonchev–Trinajstić information content (AvgIpc) is 2.72. The van der Waals surface area contributed by atoms with Gasteiger partial charge in [-0.3, -0.25) is 0 Å². The van der Waals surface area contributed by atoms with Crippen LogP contribution in [-0.4, -0.2) is 25.2 Å². The third-order valence-electron chi connectivity index (χ3n) is 3.68. The van der Waals surface area contributed by atoms with Crippen molar-refractivity contribution >= 4 is 11.7 Å². The summed E-state index contributed by atoms with van der Waals surface area (Å²) < 4.78 is 5.17. The van der Waals surface area contributed by atoms with Crippen LogP contribution in [0.3, 0.4) is 0 Å². The lowest BCUT2D eigenvalue weighted by atomic mass is 10.0. The summed E-state index contributed by atoms with van der Waals surface area (Å²) in [5.41, 5.74) is 4.00. The minimum atomic E-state index is -0.0913. The van der Waals surface area contributed by atoms with Crippen molar-refractivity contribution in [1.82, 2.24) is 0 Å². The van der Waals surface area contributed by atoms with E-state index in [9.17, 15) is 4.79 Å². The molecule has 3 rings (SSSR count). The summed E-state index contributed by atoms with van der Waals surface area (Å²) in [6, 6.07) is 6.33. The molecule has 0 spiro atoms. The molecule has 0 amide bonds. The summed E-state index contributed by atoms with van der Waals surface area (Å²) in [5.74, 6) is -0.0726. The smallest absolute Gasteiger partial charge is 0.329 e. The molecule has 0 bridgehead atoms. The number of nitrogens with zero attached hydrogens (tertiary/aromatic N) is 1. The van der Waals surface area contributed by atoms with E-state index in [1.165, 1.54) is 16.8 Å². The lowest BCUT2D eigenvalue weighted by Crippen LogP contribution is -2.42. The number of ether oxygens (including phenoxy) is 1. The van der Waals surface area contributed by atoms with Gasteiger partial charge in [0.05, 0.1) is 6.61 Å². The highest BCUT2D eigenvalue weighted by Crippen LogP contribution is 2.39. The summed E-state index contributed by atoms with van der Waals surface area (Å²) in [6.07, 6.45) is 3.07. The monoisotopic (exact) mass is 231 g/mol. The molecule has 0 saturated carbocycles. The first kappa shape index (κ1) is 10.6. The Hall–Kier alpha value is -1.51. The minimum Gasteiger partial charge on any atom is -0.464 e. The first-order chi connectivity index (χ1) is 8.31. The van der Waals surface area contributed by atoms with Gasteiger partial charge in [0.25, 0.3) is 0 Å². The standard InChI is InChI=1S/C14H17NO2/c1-2-17-14(16)12-9-11-6-3-5-10-7-4-8-15(12)13(10)11/h3,5-6,12H,2,4,7-9H2,1H3. The van der Waals surface area contributed by atoms with E-state index in [-0.39, 0.29) is 12.0 Å². The second kappa shape index (κ2) is 4.06. The lowest BCUT2D eigenvalue weighted by molar-refractivity contribution is -0.144. The quantitative estimate of drug-likeness (QED) is 0.728. The normalized spacial score (nSPS) is 21.2. The molecule has 3 heteroatoms. The topological polar surface area (TPSA) is 29.5 Å². The second-order valence-corrected chi connectivity index (χ2v) is 4.69. The minimum absolute atomic E-state index is 0.0726. The fourth-order valence-corrected chi connectivity index (χ4v) is 3.01. The Morgan fingerprint density at radius 2 is 2.29 bits per heavy atom. The predicted octanol–water partition coefficient (Wildman–Crippen LogP) is 1.93. The van der Waals surface area contributed by atoms with Gasteiger partial charge in [0.1, 0.15) is 6.04 Å². The van der Waals surface area contributed by atoms with Crippen LogP contribution in [0.2, 0.25) is 0 Å². The zero-order chi connectivity index (χ0) is 11.8. The number of aryl methyl sites for hydroxylation is 1. The molecule has 0 radical (unpaired) electrons. The van der Waals surface area contributed by atoms with E-state index in [0.29, 0.717) is 6.61 Å². The van der Waals surface area contributed by atoms with Gasteiger partial charge < -0.3 is 9.64 Å². The molecule has 1 aromatic carbocycles. The SMILES string of the molecule is CCOC(=O)C1Cc2cccc3c2N1CCC3. The van der Waals surface area contributed by atoms with Crippen molar-refractivity contribution in [1.29, 1.82) is 0 Å². The second-order valence-electron chi connectivity index (χ2n) is 4.69. The Morgan fingerprint density at radius 1 is 1.47 bits per heavy atom. The zero-order valence-electron chi connectivity index (χ0n) is 10.1. The molecule has 17 heavy (non-hydrogen) atoms. The number of para-hydroxylation sites is 1. The van der Waals surface area contributed by atoms with Crippen molar-refractivity contribution in [3.63, 3.8) is 0 Å². The fraction of sp³-hybridized carbons (Fsp3) is 0.500. The number of anilines is 1. The van der Waals surface area contributed by atoms with E-state index in [1.54, 1.807) is 0 Å². The molecule has 2 aliphatic rings. The number of carbonyl (C=O) groups excluding carboxylic acids is 1. The van der Waals surface area contributed by atoms with Crippen LogP contribution in [-0.2, 0) is 22.4 Å². The predicted molar refractivity (Wildman–Crippen MR) is 66.2 cm³/mol. The third-order valence-corrected chi connectivity index (χ3v) is 3.68. The van der Waals surface area contributed by atoms with Gasteiger partial charge in [0.15, 0.2) is 0 Å².